The van der Waals surface area contributed by atoms with E-state index in [0.717, 1.165) is 24.0 Å². The average Bonchev–Trinajstić information content (AvgIpc) is 2.39. The molecule has 0 unspecified atom stereocenters. The zero-order chi connectivity index (χ0) is 13.7. The van der Waals surface area contributed by atoms with Crippen molar-refractivity contribution in [3.63, 3.8) is 0 Å². The van der Waals surface area contributed by atoms with Crippen LogP contribution in [-0.2, 0) is 12.6 Å². The minimum Gasteiger partial charge on any atom is -0.370 e. The third-order valence-corrected chi connectivity index (χ3v) is 2.50. The fourth-order valence-electron chi connectivity index (χ4n) is 1.57. The van der Waals surface area contributed by atoms with E-state index in [0.29, 0.717) is 13.0 Å². The van der Waals surface area contributed by atoms with Crippen LogP contribution in [0.5, 0.6) is 0 Å². The van der Waals surface area contributed by atoms with Crippen LogP contribution < -0.4 is 5.32 Å². The van der Waals surface area contributed by atoms with Crippen molar-refractivity contribution in [1.29, 1.82) is 0 Å². The topological polar surface area (TPSA) is 37.8 Å². The number of halogens is 3. The number of hydrogen-bond donors (Lipinski definition) is 1. The van der Waals surface area contributed by atoms with E-state index in [1.165, 1.54) is 0 Å². The molecule has 0 aliphatic heterocycles. The molecule has 6 heteroatoms. The molecule has 0 saturated heterocycles. The van der Waals surface area contributed by atoms with E-state index in [2.05, 4.69) is 15.3 Å². The van der Waals surface area contributed by atoms with Gasteiger partial charge in [-0.2, -0.15) is 13.2 Å². The van der Waals surface area contributed by atoms with Crippen LogP contribution in [0.2, 0.25) is 0 Å². The smallest absolute Gasteiger partial charge is 0.370 e. The number of alkyl halides is 3. The summed E-state index contributed by atoms with van der Waals surface area (Å²) in [4.78, 5) is 7.98. The van der Waals surface area contributed by atoms with Crippen LogP contribution in [0.3, 0.4) is 0 Å². The van der Waals surface area contributed by atoms with Crippen LogP contribution in [-0.4, -0.2) is 16.5 Å². The first-order valence-corrected chi connectivity index (χ1v) is 5.73. The second-order valence-corrected chi connectivity index (χ2v) is 3.93. The SMILES string of the molecule is FC(F)(F)c1ccnc(NCCc2ccccn2)c1. The maximum absolute atomic E-state index is 12.5. The summed E-state index contributed by atoms with van der Waals surface area (Å²) in [6.45, 7) is 0.478. The minimum atomic E-state index is -4.35. The predicted octanol–water partition coefficient (Wildman–Crippen LogP) is 3.15. The van der Waals surface area contributed by atoms with Gasteiger partial charge < -0.3 is 5.32 Å². The number of pyridine rings is 2. The summed E-state index contributed by atoms with van der Waals surface area (Å²) >= 11 is 0. The minimum absolute atomic E-state index is 0.214. The zero-order valence-corrected chi connectivity index (χ0v) is 9.98. The molecule has 100 valence electrons. The van der Waals surface area contributed by atoms with Crippen molar-refractivity contribution in [2.75, 3.05) is 11.9 Å². The molecule has 19 heavy (non-hydrogen) atoms. The van der Waals surface area contributed by atoms with Gasteiger partial charge >= 0.3 is 6.18 Å². The van der Waals surface area contributed by atoms with Gasteiger partial charge in [-0.25, -0.2) is 4.98 Å². The van der Waals surface area contributed by atoms with Gasteiger partial charge in [-0.3, -0.25) is 4.98 Å². The predicted molar refractivity (Wildman–Crippen MR) is 65.7 cm³/mol. The standard InChI is InChI=1S/C13H12F3N3/c14-13(15,16)10-4-7-18-12(9-10)19-8-5-11-3-1-2-6-17-11/h1-4,6-7,9H,5,8H2,(H,18,19). The van der Waals surface area contributed by atoms with Gasteiger partial charge in [0.25, 0.3) is 0 Å². The Bertz CT molecular complexity index is 526. The lowest BCUT2D eigenvalue weighted by atomic mass is 10.2. The number of rotatable bonds is 4. The lowest BCUT2D eigenvalue weighted by Crippen LogP contribution is -2.10. The fraction of sp³-hybridized carbons (Fsp3) is 0.231. The first kappa shape index (κ1) is 13.3. The van der Waals surface area contributed by atoms with Crippen LogP contribution in [0, 0.1) is 0 Å². The van der Waals surface area contributed by atoms with Gasteiger partial charge in [-0.05, 0) is 24.3 Å². The average molecular weight is 267 g/mol. The Morgan fingerprint density at radius 3 is 2.58 bits per heavy atom. The third kappa shape index (κ3) is 3.94. The molecule has 2 aromatic heterocycles. The van der Waals surface area contributed by atoms with E-state index in [1.54, 1.807) is 6.20 Å². The Labute approximate surface area is 108 Å². The van der Waals surface area contributed by atoms with Gasteiger partial charge in [0.15, 0.2) is 0 Å². The summed E-state index contributed by atoms with van der Waals surface area (Å²) in [5.41, 5.74) is 0.171. The van der Waals surface area contributed by atoms with Gasteiger partial charge in [0.05, 0.1) is 5.56 Å². The second kappa shape index (κ2) is 5.69. The lowest BCUT2D eigenvalue weighted by molar-refractivity contribution is -0.137. The Kier molecular flexibility index (Phi) is 3.99. The first-order valence-electron chi connectivity index (χ1n) is 5.73. The van der Waals surface area contributed by atoms with Crippen molar-refractivity contribution in [3.05, 3.63) is 54.0 Å². The van der Waals surface area contributed by atoms with Crippen LogP contribution >= 0.6 is 0 Å². The van der Waals surface area contributed by atoms with Gasteiger partial charge in [-0.1, -0.05) is 6.07 Å². The molecule has 2 rings (SSSR count). The van der Waals surface area contributed by atoms with E-state index in [-0.39, 0.29) is 5.82 Å². The highest BCUT2D eigenvalue weighted by Gasteiger charge is 2.30. The Balaban J connectivity index is 1.93. The van der Waals surface area contributed by atoms with Crippen LogP contribution in [0.25, 0.3) is 0 Å². The summed E-state index contributed by atoms with van der Waals surface area (Å²) in [6.07, 6.45) is -0.900. The van der Waals surface area contributed by atoms with Gasteiger partial charge in [0.2, 0.25) is 0 Å². The monoisotopic (exact) mass is 267 g/mol. The summed E-state index contributed by atoms with van der Waals surface area (Å²) in [5, 5.41) is 2.85. The first-order chi connectivity index (χ1) is 9.05. The van der Waals surface area contributed by atoms with Gasteiger partial charge in [0, 0.05) is 31.1 Å². The molecule has 1 N–H and O–H groups in total. The number of nitrogens with zero attached hydrogens (tertiary/aromatic N) is 2. The number of anilines is 1. The van der Waals surface area contributed by atoms with E-state index < -0.39 is 11.7 Å². The van der Waals surface area contributed by atoms with Crippen molar-refractivity contribution in [1.82, 2.24) is 9.97 Å². The maximum Gasteiger partial charge on any atom is 0.416 e. The van der Waals surface area contributed by atoms with Crippen molar-refractivity contribution < 1.29 is 13.2 Å². The number of aromatic nitrogens is 2. The van der Waals surface area contributed by atoms with Gasteiger partial charge in [0.1, 0.15) is 5.82 Å². The van der Waals surface area contributed by atoms with Crippen molar-refractivity contribution in [2.24, 2.45) is 0 Å². The second-order valence-electron chi connectivity index (χ2n) is 3.93. The van der Waals surface area contributed by atoms with Gasteiger partial charge in [-0.15, -0.1) is 0 Å². The highest BCUT2D eigenvalue weighted by Crippen LogP contribution is 2.29. The fourth-order valence-corrected chi connectivity index (χ4v) is 1.57. The molecular formula is C13H12F3N3. The highest BCUT2D eigenvalue weighted by molar-refractivity contribution is 5.38. The summed E-state index contributed by atoms with van der Waals surface area (Å²) < 4.78 is 37.5. The molecule has 3 nitrogen and oxygen atoms in total. The molecule has 2 heterocycles. The molecule has 0 fully saturated rings. The Morgan fingerprint density at radius 2 is 1.89 bits per heavy atom. The number of hydrogen-bond acceptors (Lipinski definition) is 3. The summed E-state index contributed by atoms with van der Waals surface area (Å²) in [5.74, 6) is 0.214. The van der Waals surface area contributed by atoms with E-state index in [1.807, 2.05) is 18.2 Å². The highest BCUT2D eigenvalue weighted by atomic mass is 19.4. The quantitative estimate of drug-likeness (QED) is 0.924. The molecule has 0 spiro atoms. The molecular weight excluding hydrogens is 255 g/mol. The van der Waals surface area contributed by atoms with E-state index in [4.69, 9.17) is 0 Å². The molecule has 0 radical (unpaired) electrons. The molecule has 0 aromatic carbocycles. The zero-order valence-electron chi connectivity index (χ0n) is 9.98. The maximum atomic E-state index is 12.5. The largest absolute Gasteiger partial charge is 0.416 e. The van der Waals surface area contributed by atoms with Crippen LogP contribution in [0.1, 0.15) is 11.3 Å². The summed E-state index contributed by atoms with van der Waals surface area (Å²) in [6, 6.07) is 7.49. The summed E-state index contributed by atoms with van der Waals surface area (Å²) in [7, 11) is 0. The molecule has 0 bridgehead atoms. The van der Waals surface area contributed by atoms with Crippen LogP contribution in [0.4, 0.5) is 19.0 Å². The van der Waals surface area contributed by atoms with Crippen molar-refractivity contribution in [3.8, 4) is 0 Å². The van der Waals surface area contributed by atoms with Crippen molar-refractivity contribution in [2.45, 2.75) is 12.6 Å². The van der Waals surface area contributed by atoms with Crippen LogP contribution in [0.15, 0.2) is 42.7 Å². The normalized spacial score (nSPS) is 11.3. The van der Waals surface area contributed by atoms with E-state index >= 15 is 0 Å². The Hall–Kier alpha value is -2.11. The molecule has 0 amide bonds. The third-order valence-electron chi connectivity index (χ3n) is 2.50. The number of nitrogens with one attached hydrogen (secondary N) is 1. The molecule has 0 saturated carbocycles. The molecule has 0 aliphatic rings. The van der Waals surface area contributed by atoms with E-state index in [9.17, 15) is 13.2 Å². The Morgan fingerprint density at radius 1 is 1.05 bits per heavy atom. The van der Waals surface area contributed by atoms with Crippen molar-refractivity contribution >= 4 is 5.82 Å². The molecule has 0 aliphatic carbocycles. The lowest BCUT2D eigenvalue weighted by Gasteiger charge is -2.09. The molecule has 2 aromatic rings. The molecule has 0 atom stereocenters.